The van der Waals surface area contributed by atoms with Gasteiger partial charge >= 0.3 is 0 Å². The Kier molecular flexibility index (Phi) is 3.62. The number of nitrogens with zero attached hydrogens (tertiary/aromatic N) is 2. The van der Waals surface area contributed by atoms with Crippen LogP contribution >= 0.6 is 0 Å². The summed E-state index contributed by atoms with van der Waals surface area (Å²) in [5, 5.41) is 9.47. The predicted molar refractivity (Wildman–Crippen MR) is 62.9 cm³/mol. The number of piperidine rings is 1. The van der Waals surface area contributed by atoms with Gasteiger partial charge in [-0.15, -0.1) is 0 Å². The SMILES string of the molecule is CCOc1cccnc1N1CCC(O)CC1. The van der Waals surface area contributed by atoms with Crippen molar-refractivity contribution in [2.24, 2.45) is 0 Å². The number of aromatic nitrogens is 1. The molecule has 1 aromatic rings. The molecule has 0 aromatic carbocycles. The highest BCUT2D eigenvalue weighted by Crippen LogP contribution is 2.27. The van der Waals surface area contributed by atoms with Crippen molar-refractivity contribution >= 4 is 5.82 Å². The van der Waals surface area contributed by atoms with Gasteiger partial charge in [0.15, 0.2) is 11.6 Å². The van der Waals surface area contributed by atoms with Gasteiger partial charge in [0, 0.05) is 19.3 Å². The number of hydrogen-bond donors (Lipinski definition) is 1. The minimum absolute atomic E-state index is 0.157. The Labute approximate surface area is 95.9 Å². The van der Waals surface area contributed by atoms with Crippen LogP contribution in [0.15, 0.2) is 18.3 Å². The molecule has 1 N–H and O–H groups in total. The number of pyridine rings is 1. The van der Waals surface area contributed by atoms with Gasteiger partial charge in [-0.25, -0.2) is 4.98 Å². The van der Waals surface area contributed by atoms with Crippen molar-refractivity contribution in [1.82, 2.24) is 4.98 Å². The summed E-state index contributed by atoms with van der Waals surface area (Å²) in [4.78, 5) is 6.54. The maximum absolute atomic E-state index is 9.47. The van der Waals surface area contributed by atoms with Gasteiger partial charge in [0.2, 0.25) is 0 Å². The van der Waals surface area contributed by atoms with Crippen LogP contribution in [0.25, 0.3) is 0 Å². The van der Waals surface area contributed by atoms with Gasteiger partial charge in [0.05, 0.1) is 12.7 Å². The summed E-state index contributed by atoms with van der Waals surface area (Å²) >= 11 is 0. The third kappa shape index (κ3) is 2.44. The Bertz CT molecular complexity index is 336. The summed E-state index contributed by atoms with van der Waals surface area (Å²) in [7, 11) is 0. The van der Waals surface area contributed by atoms with Crippen LogP contribution in [0.5, 0.6) is 5.75 Å². The van der Waals surface area contributed by atoms with Crippen LogP contribution in [0.3, 0.4) is 0 Å². The number of ether oxygens (including phenoxy) is 1. The third-order valence-electron chi connectivity index (χ3n) is 2.81. The van der Waals surface area contributed by atoms with E-state index in [0.29, 0.717) is 6.61 Å². The van der Waals surface area contributed by atoms with Gasteiger partial charge in [-0.05, 0) is 31.9 Å². The molecule has 0 unspecified atom stereocenters. The van der Waals surface area contributed by atoms with E-state index >= 15 is 0 Å². The van der Waals surface area contributed by atoms with Crippen LogP contribution in [0, 0.1) is 0 Å². The quantitative estimate of drug-likeness (QED) is 0.840. The first-order chi connectivity index (χ1) is 7.81. The van der Waals surface area contributed by atoms with Gasteiger partial charge in [0.1, 0.15) is 0 Å². The molecule has 1 aliphatic heterocycles. The second-order valence-corrected chi connectivity index (χ2v) is 3.98. The number of aliphatic hydroxyl groups excluding tert-OH is 1. The fraction of sp³-hybridized carbons (Fsp3) is 0.583. The van der Waals surface area contributed by atoms with Gasteiger partial charge in [-0.1, -0.05) is 0 Å². The molecule has 0 amide bonds. The van der Waals surface area contributed by atoms with E-state index in [1.165, 1.54) is 0 Å². The molecule has 4 heteroatoms. The third-order valence-corrected chi connectivity index (χ3v) is 2.81. The van der Waals surface area contributed by atoms with Crippen LogP contribution in [0.2, 0.25) is 0 Å². The van der Waals surface area contributed by atoms with Crippen molar-refractivity contribution in [3.8, 4) is 5.75 Å². The monoisotopic (exact) mass is 222 g/mol. The molecule has 0 saturated carbocycles. The van der Waals surface area contributed by atoms with Crippen LogP contribution in [-0.4, -0.2) is 35.9 Å². The highest BCUT2D eigenvalue weighted by Gasteiger charge is 2.20. The average molecular weight is 222 g/mol. The maximum Gasteiger partial charge on any atom is 0.171 e. The summed E-state index contributed by atoms with van der Waals surface area (Å²) in [6.45, 7) is 4.31. The van der Waals surface area contributed by atoms with Gasteiger partial charge in [-0.3, -0.25) is 0 Å². The standard InChI is InChI=1S/C12H18N2O2/c1-2-16-11-4-3-7-13-12(11)14-8-5-10(15)6-9-14/h3-4,7,10,15H,2,5-6,8-9H2,1H3. The molecule has 88 valence electrons. The first-order valence-corrected chi connectivity index (χ1v) is 5.82. The molecular weight excluding hydrogens is 204 g/mol. The molecule has 1 aliphatic rings. The lowest BCUT2D eigenvalue weighted by Gasteiger charge is -2.31. The van der Waals surface area contributed by atoms with E-state index in [2.05, 4.69) is 9.88 Å². The summed E-state index contributed by atoms with van der Waals surface area (Å²) in [6, 6.07) is 3.82. The van der Waals surface area contributed by atoms with Crippen molar-refractivity contribution in [3.05, 3.63) is 18.3 Å². The Hall–Kier alpha value is -1.29. The van der Waals surface area contributed by atoms with Crippen LogP contribution in [0.1, 0.15) is 19.8 Å². The van der Waals surface area contributed by atoms with Crippen LogP contribution in [-0.2, 0) is 0 Å². The lowest BCUT2D eigenvalue weighted by atomic mass is 10.1. The molecule has 1 fully saturated rings. The molecule has 16 heavy (non-hydrogen) atoms. The molecule has 4 nitrogen and oxygen atoms in total. The lowest BCUT2D eigenvalue weighted by Crippen LogP contribution is -2.36. The highest BCUT2D eigenvalue weighted by molar-refractivity contribution is 5.52. The van der Waals surface area contributed by atoms with E-state index in [0.717, 1.165) is 37.5 Å². The van der Waals surface area contributed by atoms with E-state index in [4.69, 9.17) is 4.74 Å². The minimum atomic E-state index is -0.157. The van der Waals surface area contributed by atoms with Crippen LogP contribution in [0.4, 0.5) is 5.82 Å². The molecular formula is C12H18N2O2. The second kappa shape index (κ2) is 5.16. The molecule has 0 bridgehead atoms. The second-order valence-electron chi connectivity index (χ2n) is 3.98. The Balaban J connectivity index is 2.13. The van der Waals surface area contributed by atoms with Crippen LogP contribution < -0.4 is 9.64 Å². The van der Waals surface area contributed by atoms with Crippen molar-refractivity contribution in [2.45, 2.75) is 25.9 Å². The summed E-state index contributed by atoms with van der Waals surface area (Å²) in [5.74, 6) is 1.73. The number of hydrogen-bond acceptors (Lipinski definition) is 4. The first-order valence-electron chi connectivity index (χ1n) is 5.82. The predicted octanol–water partition coefficient (Wildman–Crippen LogP) is 1.44. The number of aliphatic hydroxyl groups is 1. The largest absolute Gasteiger partial charge is 0.490 e. The first kappa shape index (κ1) is 11.2. The highest BCUT2D eigenvalue weighted by atomic mass is 16.5. The molecule has 1 saturated heterocycles. The molecule has 0 atom stereocenters. The van der Waals surface area contributed by atoms with Crippen molar-refractivity contribution in [2.75, 3.05) is 24.6 Å². The van der Waals surface area contributed by atoms with E-state index < -0.39 is 0 Å². The fourth-order valence-electron chi connectivity index (χ4n) is 1.97. The van der Waals surface area contributed by atoms with E-state index in [1.807, 2.05) is 19.1 Å². The Morgan fingerprint density at radius 3 is 2.94 bits per heavy atom. The van der Waals surface area contributed by atoms with Gasteiger partial charge in [-0.2, -0.15) is 0 Å². The normalized spacial score (nSPS) is 17.5. The summed E-state index contributed by atoms with van der Waals surface area (Å²) in [5.41, 5.74) is 0. The zero-order valence-electron chi connectivity index (χ0n) is 9.59. The Morgan fingerprint density at radius 1 is 1.50 bits per heavy atom. The molecule has 0 aliphatic carbocycles. The van der Waals surface area contributed by atoms with E-state index in [9.17, 15) is 5.11 Å². The van der Waals surface area contributed by atoms with Crippen molar-refractivity contribution < 1.29 is 9.84 Å². The van der Waals surface area contributed by atoms with E-state index in [-0.39, 0.29) is 6.10 Å². The summed E-state index contributed by atoms with van der Waals surface area (Å²) < 4.78 is 5.55. The molecule has 1 aromatic heterocycles. The zero-order valence-corrected chi connectivity index (χ0v) is 9.59. The number of rotatable bonds is 3. The molecule has 2 rings (SSSR count). The minimum Gasteiger partial charge on any atom is -0.490 e. The van der Waals surface area contributed by atoms with Gasteiger partial charge in [0.25, 0.3) is 0 Å². The zero-order chi connectivity index (χ0) is 11.4. The number of anilines is 1. The molecule has 0 spiro atoms. The fourth-order valence-corrected chi connectivity index (χ4v) is 1.97. The van der Waals surface area contributed by atoms with Crippen molar-refractivity contribution in [3.63, 3.8) is 0 Å². The van der Waals surface area contributed by atoms with E-state index in [1.54, 1.807) is 6.20 Å². The topological polar surface area (TPSA) is 45.6 Å². The smallest absolute Gasteiger partial charge is 0.171 e. The Morgan fingerprint density at radius 2 is 2.25 bits per heavy atom. The lowest BCUT2D eigenvalue weighted by molar-refractivity contribution is 0.145. The maximum atomic E-state index is 9.47. The van der Waals surface area contributed by atoms with Crippen molar-refractivity contribution in [1.29, 1.82) is 0 Å². The van der Waals surface area contributed by atoms with Gasteiger partial charge < -0.3 is 14.7 Å². The summed E-state index contributed by atoms with van der Waals surface area (Å²) in [6.07, 6.45) is 3.24. The average Bonchev–Trinajstić information content (AvgIpc) is 2.32. The molecule has 2 heterocycles. The molecule has 0 radical (unpaired) electrons.